The van der Waals surface area contributed by atoms with E-state index >= 15 is 0 Å². The molecule has 0 saturated carbocycles. The molecule has 0 aliphatic rings. The zero-order valence-electron chi connectivity index (χ0n) is 18.9. The molecule has 0 atom stereocenters. The molecule has 7 heteroatoms. The van der Waals surface area contributed by atoms with Crippen molar-refractivity contribution in [1.29, 1.82) is 0 Å². The Labute approximate surface area is 194 Å². The van der Waals surface area contributed by atoms with E-state index in [9.17, 15) is 13.2 Å². The summed E-state index contributed by atoms with van der Waals surface area (Å²) in [6, 6.07) is 21.7. The predicted molar refractivity (Wildman–Crippen MR) is 127 cm³/mol. The third kappa shape index (κ3) is 4.69. The smallest absolute Gasteiger partial charge is 0.243 e. The number of carbonyl (C=O) groups is 1. The molecule has 170 valence electrons. The predicted octanol–water partition coefficient (Wildman–Crippen LogP) is 5.07. The molecule has 0 aliphatic carbocycles. The molecular formula is C26H26N2O4S. The fourth-order valence-corrected chi connectivity index (χ4v) is 5.46. The fraction of sp³-hybridized carbons (Fsp3) is 0.192. The molecule has 2 aromatic carbocycles. The summed E-state index contributed by atoms with van der Waals surface area (Å²) in [4.78, 5) is 13.5. The van der Waals surface area contributed by atoms with Crippen molar-refractivity contribution in [3.8, 4) is 5.69 Å². The first kappa shape index (κ1) is 22.8. The summed E-state index contributed by atoms with van der Waals surface area (Å²) in [7, 11) is -3.93. The summed E-state index contributed by atoms with van der Waals surface area (Å²) in [6.07, 6.45) is 1.49. The van der Waals surface area contributed by atoms with Crippen LogP contribution in [0.3, 0.4) is 0 Å². The number of sulfonamides is 1. The normalized spacial score (nSPS) is 11.8. The van der Waals surface area contributed by atoms with Crippen LogP contribution in [0.1, 0.15) is 33.1 Å². The zero-order chi connectivity index (χ0) is 23.6. The summed E-state index contributed by atoms with van der Waals surface area (Å²) < 4.78 is 35.5. The van der Waals surface area contributed by atoms with Crippen LogP contribution in [0.4, 0.5) is 0 Å². The molecule has 0 unspecified atom stereocenters. The van der Waals surface area contributed by atoms with Gasteiger partial charge in [-0.15, -0.1) is 0 Å². The maximum atomic E-state index is 13.5. The summed E-state index contributed by atoms with van der Waals surface area (Å²) in [6.45, 7) is 5.31. The van der Waals surface area contributed by atoms with E-state index in [4.69, 9.17) is 4.42 Å². The van der Waals surface area contributed by atoms with Crippen molar-refractivity contribution in [2.75, 3.05) is 6.54 Å². The van der Waals surface area contributed by atoms with Crippen LogP contribution in [0.2, 0.25) is 0 Å². The maximum absolute atomic E-state index is 13.5. The quantitative estimate of drug-likeness (QED) is 0.343. The number of ketones is 1. The van der Waals surface area contributed by atoms with Crippen LogP contribution < -0.4 is 0 Å². The second-order valence-corrected chi connectivity index (χ2v) is 9.99. The van der Waals surface area contributed by atoms with Gasteiger partial charge in [-0.25, -0.2) is 8.42 Å². The number of furan rings is 1. The van der Waals surface area contributed by atoms with Gasteiger partial charge in [0.1, 0.15) is 5.76 Å². The monoisotopic (exact) mass is 462 g/mol. The van der Waals surface area contributed by atoms with Gasteiger partial charge in [0.2, 0.25) is 10.0 Å². The standard InChI is InChI=1S/C26H26N2O4S/c1-19-9-7-13-24(15-19)33(30,31)27(17-23-12-8-14-32-23)18-26(29)25-16-20(2)28(21(25)3)22-10-5-4-6-11-22/h4-16H,17-18H2,1-3H3. The molecule has 0 saturated heterocycles. The lowest BCUT2D eigenvalue weighted by Crippen LogP contribution is -2.35. The summed E-state index contributed by atoms with van der Waals surface area (Å²) >= 11 is 0. The van der Waals surface area contributed by atoms with Crippen molar-refractivity contribution < 1.29 is 17.6 Å². The minimum Gasteiger partial charge on any atom is -0.468 e. The minimum atomic E-state index is -3.93. The third-order valence-electron chi connectivity index (χ3n) is 5.61. The van der Waals surface area contributed by atoms with Gasteiger partial charge in [-0.2, -0.15) is 4.31 Å². The van der Waals surface area contributed by atoms with Crippen molar-refractivity contribution in [1.82, 2.24) is 8.87 Å². The molecule has 0 fully saturated rings. The lowest BCUT2D eigenvalue weighted by Gasteiger charge is -2.21. The van der Waals surface area contributed by atoms with Gasteiger partial charge in [0.15, 0.2) is 5.78 Å². The van der Waals surface area contributed by atoms with E-state index in [0.29, 0.717) is 11.3 Å². The molecule has 0 amide bonds. The molecule has 2 heterocycles. The van der Waals surface area contributed by atoms with Gasteiger partial charge < -0.3 is 8.98 Å². The molecule has 4 aromatic rings. The van der Waals surface area contributed by atoms with Gasteiger partial charge in [-0.1, -0.05) is 30.3 Å². The first-order valence-corrected chi connectivity index (χ1v) is 12.1. The van der Waals surface area contributed by atoms with Gasteiger partial charge in [-0.05, 0) is 68.8 Å². The summed E-state index contributed by atoms with van der Waals surface area (Å²) in [5.41, 5.74) is 3.95. The highest BCUT2D eigenvalue weighted by Crippen LogP contribution is 2.24. The topological polar surface area (TPSA) is 72.5 Å². The van der Waals surface area contributed by atoms with E-state index in [2.05, 4.69) is 0 Å². The number of carbonyl (C=O) groups excluding carboxylic acids is 1. The lowest BCUT2D eigenvalue weighted by molar-refractivity contribution is 0.0962. The van der Waals surface area contributed by atoms with Gasteiger partial charge in [-0.3, -0.25) is 4.79 Å². The minimum absolute atomic E-state index is 0.0353. The number of aromatic nitrogens is 1. The molecule has 0 spiro atoms. The summed E-state index contributed by atoms with van der Waals surface area (Å²) in [5, 5.41) is 0. The molecule has 0 radical (unpaired) electrons. The maximum Gasteiger partial charge on any atom is 0.243 e. The second kappa shape index (κ2) is 9.21. The van der Waals surface area contributed by atoms with Crippen LogP contribution in [0.15, 0.2) is 88.4 Å². The molecule has 0 bridgehead atoms. The van der Waals surface area contributed by atoms with Crippen molar-refractivity contribution in [3.63, 3.8) is 0 Å². The van der Waals surface area contributed by atoms with Gasteiger partial charge >= 0.3 is 0 Å². The first-order valence-electron chi connectivity index (χ1n) is 10.6. The van der Waals surface area contributed by atoms with Crippen LogP contribution >= 0.6 is 0 Å². The zero-order valence-corrected chi connectivity index (χ0v) is 19.7. The average Bonchev–Trinajstić information content (AvgIpc) is 3.41. The Hall–Kier alpha value is -3.42. The fourth-order valence-electron chi connectivity index (χ4n) is 3.99. The van der Waals surface area contributed by atoms with E-state index in [1.54, 1.807) is 30.3 Å². The molecule has 4 rings (SSSR count). The number of para-hydroxylation sites is 1. The number of rotatable bonds is 8. The third-order valence-corrected chi connectivity index (χ3v) is 7.39. The Morgan fingerprint density at radius 3 is 2.36 bits per heavy atom. The Balaban J connectivity index is 1.69. The van der Waals surface area contributed by atoms with Crippen LogP contribution in [0.5, 0.6) is 0 Å². The van der Waals surface area contributed by atoms with Gasteiger partial charge in [0.25, 0.3) is 0 Å². The number of benzene rings is 2. The number of nitrogens with zero attached hydrogens (tertiary/aromatic N) is 2. The highest BCUT2D eigenvalue weighted by Gasteiger charge is 2.29. The molecule has 0 N–H and O–H groups in total. The SMILES string of the molecule is Cc1cccc(S(=O)(=O)N(CC(=O)c2cc(C)n(-c3ccccc3)c2C)Cc2ccco2)c1. The Bertz CT molecular complexity index is 1370. The number of Topliss-reactive ketones (excluding diaryl/α,β-unsaturated/α-hetero) is 1. The van der Waals surface area contributed by atoms with Crippen LogP contribution in [-0.2, 0) is 16.6 Å². The highest BCUT2D eigenvalue weighted by molar-refractivity contribution is 7.89. The van der Waals surface area contributed by atoms with Crippen molar-refractivity contribution in [2.24, 2.45) is 0 Å². The summed E-state index contributed by atoms with van der Waals surface area (Å²) in [5.74, 6) is 0.196. The van der Waals surface area contributed by atoms with Crippen LogP contribution in [0, 0.1) is 20.8 Å². The van der Waals surface area contributed by atoms with Crippen molar-refractivity contribution >= 4 is 15.8 Å². The lowest BCUT2D eigenvalue weighted by atomic mass is 10.1. The van der Waals surface area contributed by atoms with E-state index in [1.165, 1.54) is 10.6 Å². The second-order valence-electron chi connectivity index (χ2n) is 8.05. The van der Waals surface area contributed by atoms with Crippen LogP contribution in [0.25, 0.3) is 5.69 Å². The number of hydrogen-bond donors (Lipinski definition) is 0. The average molecular weight is 463 g/mol. The Morgan fingerprint density at radius 2 is 1.70 bits per heavy atom. The molecule has 0 aliphatic heterocycles. The van der Waals surface area contributed by atoms with Crippen molar-refractivity contribution in [2.45, 2.75) is 32.2 Å². The number of aryl methyl sites for hydroxylation is 2. The van der Waals surface area contributed by atoms with Gasteiger partial charge in [0.05, 0.1) is 24.2 Å². The van der Waals surface area contributed by atoms with E-state index in [-0.39, 0.29) is 23.8 Å². The number of hydrogen-bond acceptors (Lipinski definition) is 4. The van der Waals surface area contributed by atoms with E-state index in [1.807, 2.05) is 67.8 Å². The molecule has 6 nitrogen and oxygen atoms in total. The van der Waals surface area contributed by atoms with Gasteiger partial charge in [0, 0.05) is 22.6 Å². The molecular weight excluding hydrogens is 436 g/mol. The Kier molecular flexibility index (Phi) is 6.35. The van der Waals surface area contributed by atoms with E-state index < -0.39 is 10.0 Å². The van der Waals surface area contributed by atoms with Crippen LogP contribution in [-0.4, -0.2) is 29.6 Å². The van der Waals surface area contributed by atoms with Crippen molar-refractivity contribution in [3.05, 3.63) is 107 Å². The largest absolute Gasteiger partial charge is 0.468 e. The Morgan fingerprint density at radius 1 is 0.939 bits per heavy atom. The first-order chi connectivity index (χ1) is 15.8. The highest BCUT2D eigenvalue weighted by atomic mass is 32.2. The molecule has 2 aromatic heterocycles. The molecule has 33 heavy (non-hydrogen) atoms. The van der Waals surface area contributed by atoms with E-state index in [0.717, 1.165) is 22.6 Å².